The van der Waals surface area contributed by atoms with Crippen molar-refractivity contribution in [3.8, 4) is 5.75 Å². The molecule has 0 spiro atoms. The third-order valence-corrected chi connectivity index (χ3v) is 7.46. The van der Waals surface area contributed by atoms with Gasteiger partial charge < -0.3 is 9.47 Å². The quantitative estimate of drug-likeness (QED) is 0.556. The maximum atomic E-state index is 12.7. The molecule has 2 aromatic carbocycles. The number of carbonyl (C=O) groups excluding carboxylic acids is 1. The molecule has 1 aromatic heterocycles. The van der Waals surface area contributed by atoms with Crippen molar-refractivity contribution in [2.75, 3.05) is 38.8 Å². The van der Waals surface area contributed by atoms with Crippen molar-refractivity contribution in [3.05, 3.63) is 48.0 Å². The zero-order chi connectivity index (χ0) is 21.1. The SMILES string of the molecule is COc1cccc2sc(NNC(=O)c3ccc(S(=O)(=O)N4CCOCC4)cc3)nc12. The topological polar surface area (TPSA) is 110 Å². The van der Waals surface area contributed by atoms with Crippen LogP contribution in [0.15, 0.2) is 47.4 Å². The third kappa shape index (κ3) is 4.10. The standard InChI is InChI=1S/C19H20N4O5S2/c1-27-15-3-2-4-16-17(15)20-19(29-16)22-21-18(24)13-5-7-14(8-6-13)30(25,26)23-9-11-28-12-10-23/h2-8H,9-12H2,1H3,(H,20,22)(H,21,24). The van der Waals surface area contributed by atoms with Crippen LogP contribution in [-0.2, 0) is 14.8 Å². The van der Waals surface area contributed by atoms with Crippen LogP contribution in [-0.4, -0.2) is 57.0 Å². The number of hydrogen-bond donors (Lipinski definition) is 2. The lowest BCUT2D eigenvalue weighted by molar-refractivity contribution is 0.0730. The molecular weight excluding hydrogens is 428 g/mol. The Morgan fingerprint density at radius 3 is 2.60 bits per heavy atom. The van der Waals surface area contributed by atoms with Crippen molar-refractivity contribution in [1.82, 2.24) is 14.7 Å². The molecular formula is C19H20N4O5S2. The lowest BCUT2D eigenvalue weighted by atomic mass is 10.2. The molecule has 2 N–H and O–H groups in total. The Hall–Kier alpha value is -2.73. The number of benzene rings is 2. The van der Waals surface area contributed by atoms with Gasteiger partial charge in [0.15, 0.2) is 0 Å². The maximum absolute atomic E-state index is 12.7. The van der Waals surface area contributed by atoms with Crippen LogP contribution in [0.3, 0.4) is 0 Å². The molecule has 2 heterocycles. The van der Waals surface area contributed by atoms with Gasteiger partial charge in [0, 0.05) is 18.7 Å². The van der Waals surface area contributed by atoms with Crippen molar-refractivity contribution in [2.24, 2.45) is 0 Å². The zero-order valence-electron chi connectivity index (χ0n) is 16.1. The summed E-state index contributed by atoms with van der Waals surface area (Å²) in [4.78, 5) is 17.0. The van der Waals surface area contributed by atoms with Crippen molar-refractivity contribution >= 4 is 42.6 Å². The highest BCUT2D eigenvalue weighted by Gasteiger charge is 2.26. The first-order valence-electron chi connectivity index (χ1n) is 9.17. The number of ether oxygens (including phenoxy) is 2. The van der Waals surface area contributed by atoms with Gasteiger partial charge in [0.1, 0.15) is 11.3 Å². The second-order valence-electron chi connectivity index (χ2n) is 6.45. The first kappa shape index (κ1) is 20.5. The predicted molar refractivity (Wildman–Crippen MR) is 113 cm³/mol. The van der Waals surface area contributed by atoms with Gasteiger partial charge in [-0.1, -0.05) is 17.4 Å². The Labute approximate surface area is 177 Å². The zero-order valence-corrected chi connectivity index (χ0v) is 17.8. The number of nitrogens with zero attached hydrogens (tertiary/aromatic N) is 2. The van der Waals surface area contributed by atoms with Gasteiger partial charge >= 0.3 is 0 Å². The van der Waals surface area contributed by atoms with Gasteiger partial charge in [-0.3, -0.25) is 15.6 Å². The van der Waals surface area contributed by atoms with E-state index in [4.69, 9.17) is 9.47 Å². The molecule has 0 aliphatic carbocycles. The van der Waals surface area contributed by atoms with Gasteiger partial charge in [-0.2, -0.15) is 4.31 Å². The molecule has 0 saturated carbocycles. The van der Waals surface area contributed by atoms with Gasteiger partial charge in [0.25, 0.3) is 5.91 Å². The number of carbonyl (C=O) groups is 1. The number of sulfonamides is 1. The number of aromatic nitrogens is 1. The smallest absolute Gasteiger partial charge is 0.269 e. The summed E-state index contributed by atoms with van der Waals surface area (Å²) in [7, 11) is -2.02. The third-order valence-electron chi connectivity index (χ3n) is 4.61. The van der Waals surface area contributed by atoms with Gasteiger partial charge in [-0.25, -0.2) is 13.4 Å². The van der Waals surface area contributed by atoms with Crippen LogP contribution in [0.4, 0.5) is 5.13 Å². The van der Waals surface area contributed by atoms with E-state index in [-0.39, 0.29) is 4.90 Å². The number of hydrogen-bond acceptors (Lipinski definition) is 8. The van der Waals surface area contributed by atoms with Gasteiger partial charge in [-0.05, 0) is 36.4 Å². The van der Waals surface area contributed by atoms with Crippen LogP contribution >= 0.6 is 11.3 Å². The summed E-state index contributed by atoms with van der Waals surface area (Å²) >= 11 is 1.37. The largest absolute Gasteiger partial charge is 0.494 e. The van der Waals surface area contributed by atoms with Crippen LogP contribution < -0.4 is 15.6 Å². The molecule has 0 atom stereocenters. The molecule has 1 aliphatic rings. The van der Waals surface area contributed by atoms with E-state index in [0.717, 1.165) is 4.70 Å². The van der Waals surface area contributed by atoms with Gasteiger partial charge in [0.2, 0.25) is 15.2 Å². The number of hydrazine groups is 1. The summed E-state index contributed by atoms with van der Waals surface area (Å²) in [6.45, 7) is 1.40. The number of rotatable bonds is 6. The van der Waals surface area contributed by atoms with Crippen molar-refractivity contribution in [1.29, 1.82) is 0 Å². The lowest BCUT2D eigenvalue weighted by Crippen LogP contribution is -2.40. The highest BCUT2D eigenvalue weighted by molar-refractivity contribution is 7.89. The normalized spacial score (nSPS) is 15.1. The number of fused-ring (bicyclic) bond motifs is 1. The summed E-state index contributed by atoms with van der Waals surface area (Å²) in [6.07, 6.45) is 0. The first-order chi connectivity index (χ1) is 14.5. The highest BCUT2D eigenvalue weighted by Crippen LogP contribution is 2.31. The van der Waals surface area contributed by atoms with E-state index < -0.39 is 15.9 Å². The van der Waals surface area contributed by atoms with Gasteiger partial charge in [0.05, 0.1) is 29.9 Å². The van der Waals surface area contributed by atoms with E-state index in [0.29, 0.717) is 48.3 Å². The number of methoxy groups -OCH3 is 1. The maximum Gasteiger partial charge on any atom is 0.269 e. The molecule has 1 saturated heterocycles. The Morgan fingerprint density at radius 2 is 1.90 bits per heavy atom. The summed E-state index contributed by atoms with van der Waals surface area (Å²) in [5.74, 6) is 0.247. The fraction of sp³-hybridized carbons (Fsp3) is 0.263. The van der Waals surface area contributed by atoms with Crippen LogP contribution in [0.1, 0.15) is 10.4 Å². The average molecular weight is 449 g/mol. The molecule has 158 valence electrons. The summed E-state index contributed by atoms with van der Waals surface area (Å²) in [5.41, 5.74) is 6.40. The second-order valence-corrected chi connectivity index (χ2v) is 9.41. The minimum absolute atomic E-state index is 0.146. The average Bonchev–Trinajstić information content (AvgIpc) is 3.21. The molecule has 0 unspecified atom stereocenters. The van der Waals surface area contributed by atoms with Crippen LogP contribution in [0.25, 0.3) is 10.2 Å². The fourth-order valence-electron chi connectivity index (χ4n) is 3.04. The Kier molecular flexibility index (Phi) is 5.86. The van der Waals surface area contributed by atoms with E-state index in [9.17, 15) is 13.2 Å². The van der Waals surface area contributed by atoms with Crippen LogP contribution in [0.5, 0.6) is 5.75 Å². The van der Waals surface area contributed by atoms with E-state index in [1.165, 1.54) is 39.9 Å². The van der Waals surface area contributed by atoms with Gasteiger partial charge in [-0.15, -0.1) is 0 Å². The number of thiazole rings is 1. The molecule has 0 radical (unpaired) electrons. The van der Waals surface area contributed by atoms with E-state index in [2.05, 4.69) is 15.8 Å². The molecule has 4 rings (SSSR count). The number of morpholine rings is 1. The second kappa shape index (κ2) is 8.56. The van der Waals surface area contributed by atoms with Crippen molar-refractivity contribution in [2.45, 2.75) is 4.90 Å². The molecule has 1 fully saturated rings. The fourth-order valence-corrected chi connectivity index (χ4v) is 5.28. The van der Waals surface area contributed by atoms with E-state index >= 15 is 0 Å². The van der Waals surface area contributed by atoms with Crippen LogP contribution in [0, 0.1) is 0 Å². The monoisotopic (exact) mass is 448 g/mol. The van der Waals surface area contributed by atoms with Crippen LogP contribution in [0.2, 0.25) is 0 Å². The number of nitrogens with one attached hydrogen (secondary N) is 2. The molecule has 3 aromatic rings. The lowest BCUT2D eigenvalue weighted by Gasteiger charge is -2.26. The molecule has 9 nitrogen and oxygen atoms in total. The summed E-state index contributed by atoms with van der Waals surface area (Å²) in [5, 5.41) is 0.509. The Morgan fingerprint density at radius 1 is 1.17 bits per heavy atom. The molecule has 1 amide bonds. The van der Waals surface area contributed by atoms with Crippen molar-refractivity contribution < 1.29 is 22.7 Å². The summed E-state index contributed by atoms with van der Waals surface area (Å²) in [6, 6.07) is 11.4. The Bertz CT molecular complexity index is 1160. The number of amides is 1. The van der Waals surface area contributed by atoms with Crippen molar-refractivity contribution in [3.63, 3.8) is 0 Å². The number of anilines is 1. The predicted octanol–water partition coefficient (Wildman–Crippen LogP) is 2.08. The van der Waals surface area contributed by atoms with E-state index in [1.54, 1.807) is 7.11 Å². The first-order valence-corrected chi connectivity index (χ1v) is 11.4. The highest BCUT2D eigenvalue weighted by atomic mass is 32.2. The molecule has 11 heteroatoms. The van der Waals surface area contributed by atoms with E-state index in [1.807, 2.05) is 18.2 Å². The molecule has 1 aliphatic heterocycles. The number of para-hydroxylation sites is 1. The molecule has 30 heavy (non-hydrogen) atoms. The minimum atomic E-state index is -3.60. The Balaban J connectivity index is 1.43. The summed E-state index contributed by atoms with van der Waals surface area (Å²) < 4.78 is 38.1. The molecule has 0 bridgehead atoms. The minimum Gasteiger partial charge on any atom is -0.494 e.